The zero-order valence-electron chi connectivity index (χ0n) is 24.2. The monoisotopic (exact) mass is 559 g/mol. The number of hydrogen-bond donors (Lipinski definition) is 0. The first-order valence-electron chi connectivity index (χ1n) is 15.3. The molecule has 7 aromatic carbocycles. The van der Waals surface area contributed by atoms with Crippen molar-refractivity contribution in [2.75, 3.05) is 0 Å². The number of allylic oxidation sites excluding steroid dienone is 1. The molecule has 0 bridgehead atoms. The number of benzene rings is 7. The van der Waals surface area contributed by atoms with Crippen molar-refractivity contribution in [2.45, 2.75) is 6.42 Å². The van der Waals surface area contributed by atoms with Crippen LogP contribution in [0.2, 0.25) is 0 Å². The van der Waals surface area contributed by atoms with Crippen molar-refractivity contribution in [1.29, 1.82) is 0 Å². The molecule has 1 nitrogen and oxygen atoms in total. The Morgan fingerprint density at radius 3 is 1.91 bits per heavy atom. The van der Waals surface area contributed by atoms with Crippen LogP contribution in [0.3, 0.4) is 0 Å². The molecule has 1 heteroatoms. The SMILES string of the molecule is C1=Cc2cc(-c3ccc4c5cc(-c6ccccc6)ccc5n(-c5ccc(-c6ccccc6)cc5)c4c3)cc3cccc(c23)C1. The van der Waals surface area contributed by atoms with Crippen molar-refractivity contribution in [3.63, 3.8) is 0 Å². The highest BCUT2D eigenvalue weighted by Gasteiger charge is 2.16. The van der Waals surface area contributed by atoms with E-state index in [1.54, 1.807) is 0 Å². The van der Waals surface area contributed by atoms with Crippen LogP contribution in [0, 0.1) is 0 Å². The third-order valence-corrected chi connectivity index (χ3v) is 9.17. The van der Waals surface area contributed by atoms with E-state index in [1.807, 2.05) is 0 Å². The molecule has 9 rings (SSSR count). The molecule has 44 heavy (non-hydrogen) atoms. The molecule has 1 aliphatic rings. The third-order valence-electron chi connectivity index (χ3n) is 9.17. The number of hydrogen-bond acceptors (Lipinski definition) is 0. The fraction of sp³-hybridized carbons (Fsp3) is 0.0233. The summed E-state index contributed by atoms with van der Waals surface area (Å²) in [5, 5.41) is 5.23. The zero-order chi connectivity index (χ0) is 29.0. The minimum Gasteiger partial charge on any atom is -0.309 e. The summed E-state index contributed by atoms with van der Waals surface area (Å²) in [5.41, 5.74) is 13.7. The van der Waals surface area contributed by atoms with Gasteiger partial charge in [-0.2, -0.15) is 0 Å². The summed E-state index contributed by atoms with van der Waals surface area (Å²) in [7, 11) is 0. The minimum atomic E-state index is 1.00. The van der Waals surface area contributed by atoms with Crippen LogP contribution in [0.4, 0.5) is 0 Å². The van der Waals surface area contributed by atoms with E-state index < -0.39 is 0 Å². The van der Waals surface area contributed by atoms with E-state index in [0.717, 1.165) is 12.1 Å². The van der Waals surface area contributed by atoms with Crippen molar-refractivity contribution in [3.8, 4) is 39.1 Å². The average Bonchev–Trinajstić information content (AvgIpc) is 3.42. The maximum atomic E-state index is 2.43. The second-order valence-corrected chi connectivity index (χ2v) is 11.8. The summed E-state index contributed by atoms with van der Waals surface area (Å²) in [6.45, 7) is 0. The largest absolute Gasteiger partial charge is 0.309 e. The Bertz CT molecular complexity index is 2370. The lowest BCUT2D eigenvalue weighted by Gasteiger charge is -2.15. The number of fused-ring (bicyclic) bond motifs is 3. The second-order valence-electron chi connectivity index (χ2n) is 11.8. The number of nitrogens with zero attached hydrogens (tertiary/aromatic N) is 1. The highest BCUT2D eigenvalue weighted by atomic mass is 15.0. The van der Waals surface area contributed by atoms with Crippen molar-refractivity contribution in [1.82, 2.24) is 4.57 Å². The molecule has 1 aromatic heterocycles. The Hall–Kier alpha value is -5.66. The molecule has 1 aliphatic carbocycles. The van der Waals surface area contributed by atoms with Gasteiger partial charge < -0.3 is 4.57 Å². The maximum Gasteiger partial charge on any atom is 0.0547 e. The van der Waals surface area contributed by atoms with Crippen LogP contribution < -0.4 is 0 Å². The van der Waals surface area contributed by atoms with Crippen LogP contribution in [0.15, 0.2) is 158 Å². The molecule has 0 unspecified atom stereocenters. The van der Waals surface area contributed by atoms with Gasteiger partial charge in [-0.05, 0) is 104 Å². The van der Waals surface area contributed by atoms with E-state index in [-0.39, 0.29) is 0 Å². The Morgan fingerprint density at radius 1 is 0.432 bits per heavy atom. The van der Waals surface area contributed by atoms with Gasteiger partial charge in [0, 0.05) is 16.5 Å². The zero-order valence-corrected chi connectivity index (χ0v) is 24.2. The minimum absolute atomic E-state index is 1.00. The summed E-state index contributed by atoms with van der Waals surface area (Å²) in [4.78, 5) is 0. The molecule has 0 saturated heterocycles. The van der Waals surface area contributed by atoms with Crippen LogP contribution in [-0.4, -0.2) is 4.57 Å². The van der Waals surface area contributed by atoms with Gasteiger partial charge in [0.15, 0.2) is 0 Å². The average molecular weight is 560 g/mol. The topological polar surface area (TPSA) is 4.93 Å². The van der Waals surface area contributed by atoms with Gasteiger partial charge in [-0.1, -0.05) is 121 Å². The van der Waals surface area contributed by atoms with Gasteiger partial charge in [-0.25, -0.2) is 0 Å². The van der Waals surface area contributed by atoms with Crippen LogP contribution in [0.5, 0.6) is 0 Å². The highest BCUT2D eigenvalue weighted by molar-refractivity contribution is 6.11. The molecule has 1 heterocycles. The van der Waals surface area contributed by atoms with Crippen molar-refractivity contribution < 1.29 is 0 Å². The first kappa shape index (κ1) is 24.9. The molecule has 0 saturated carbocycles. The van der Waals surface area contributed by atoms with E-state index in [9.17, 15) is 0 Å². The molecule has 0 aliphatic heterocycles. The normalized spacial score (nSPS) is 12.4. The van der Waals surface area contributed by atoms with Gasteiger partial charge >= 0.3 is 0 Å². The standard InChI is InChI=1S/C43H29N/c1-3-9-29(10-4-1)31-17-21-38(22-18-31)44-41-24-20-33(30-11-5-2-6-12-30)27-40(41)39-23-19-34(28-42(39)44)37-25-35-15-7-13-32-14-8-16-36(26-37)43(32)35/h1-13,15-28H,14H2. The molecule has 0 amide bonds. The molecule has 0 N–H and O–H groups in total. The third kappa shape index (κ3) is 4.01. The molecule has 206 valence electrons. The quantitative estimate of drug-likeness (QED) is 0.202. The lowest BCUT2D eigenvalue weighted by molar-refractivity contribution is 1.18. The molecule has 8 aromatic rings. The van der Waals surface area contributed by atoms with Crippen LogP contribution in [0.1, 0.15) is 11.1 Å². The Balaban J connectivity index is 1.26. The van der Waals surface area contributed by atoms with E-state index in [0.29, 0.717) is 0 Å². The first-order chi connectivity index (χ1) is 21.8. The fourth-order valence-corrected chi connectivity index (χ4v) is 7.04. The van der Waals surface area contributed by atoms with Gasteiger partial charge in [0.2, 0.25) is 0 Å². The molecular formula is C43H29N. The Kier molecular flexibility index (Phi) is 5.64. The van der Waals surface area contributed by atoms with E-state index in [1.165, 1.54) is 77.1 Å². The summed E-state index contributed by atoms with van der Waals surface area (Å²) in [6, 6.07) is 55.6. The maximum absolute atomic E-state index is 2.43. The van der Waals surface area contributed by atoms with Gasteiger partial charge in [0.05, 0.1) is 11.0 Å². The Labute approximate surface area is 257 Å². The predicted octanol–water partition coefficient (Wildman–Crippen LogP) is 11.5. The predicted molar refractivity (Wildman–Crippen MR) is 187 cm³/mol. The van der Waals surface area contributed by atoms with Crippen molar-refractivity contribution in [2.24, 2.45) is 0 Å². The summed E-state index contributed by atoms with van der Waals surface area (Å²) >= 11 is 0. The van der Waals surface area contributed by atoms with Gasteiger partial charge in [-0.3, -0.25) is 0 Å². The van der Waals surface area contributed by atoms with E-state index in [2.05, 4.69) is 168 Å². The Morgan fingerprint density at radius 2 is 1.11 bits per heavy atom. The first-order valence-corrected chi connectivity index (χ1v) is 15.3. The van der Waals surface area contributed by atoms with Crippen LogP contribution in [-0.2, 0) is 6.42 Å². The van der Waals surface area contributed by atoms with E-state index >= 15 is 0 Å². The summed E-state index contributed by atoms with van der Waals surface area (Å²) < 4.78 is 2.43. The second kappa shape index (κ2) is 9.97. The molecule has 0 spiro atoms. The lowest BCUT2D eigenvalue weighted by Crippen LogP contribution is -1.95. The number of aromatic nitrogens is 1. The molecule has 0 radical (unpaired) electrons. The smallest absolute Gasteiger partial charge is 0.0547 e. The van der Waals surface area contributed by atoms with E-state index in [4.69, 9.17) is 0 Å². The van der Waals surface area contributed by atoms with Gasteiger partial charge in [0.25, 0.3) is 0 Å². The molecular weight excluding hydrogens is 530 g/mol. The molecule has 0 fully saturated rings. The van der Waals surface area contributed by atoms with Crippen molar-refractivity contribution >= 4 is 38.7 Å². The molecule has 0 atom stereocenters. The van der Waals surface area contributed by atoms with Gasteiger partial charge in [0.1, 0.15) is 0 Å². The van der Waals surface area contributed by atoms with Crippen LogP contribution in [0.25, 0.3) is 77.7 Å². The summed E-state index contributed by atoms with van der Waals surface area (Å²) in [6.07, 6.45) is 5.57. The van der Waals surface area contributed by atoms with Crippen molar-refractivity contribution in [3.05, 3.63) is 169 Å². The lowest BCUT2D eigenvalue weighted by atomic mass is 9.90. The summed E-state index contributed by atoms with van der Waals surface area (Å²) in [5.74, 6) is 0. The number of rotatable bonds is 4. The highest BCUT2D eigenvalue weighted by Crippen LogP contribution is 2.39. The van der Waals surface area contributed by atoms with Crippen LogP contribution >= 0.6 is 0 Å². The fourth-order valence-electron chi connectivity index (χ4n) is 7.04. The van der Waals surface area contributed by atoms with Gasteiger partial charge in [-0.15, -0.1) is 0 Å².